The van der Waals surface area contributed by atoms with Gasteiger partial charge < -0.3 is 5.11 Å². The number of hydrazine groups is 1. The van der Waals surface area contributed by atoms with E-state index >= 15 is 0 Å². The van der Waals surface area contributed by atoms with Gasteiger partial charge in [-0.15, -0.1) is 0 Å². The number of hydrogen-bond donors (Lipinski definition) is 2. The molecule has 0 aliphatic heterocycles. The van der Waals surface area contributed by atoms with E-state index in [1.165, 1.54) is 5.01 Å². The molecular weight excluding hydrogens is 180 g/mol. The number of rotatable bonds is 3. The first kappa shape index (κ1) is 10.5. The summed E-state index contributed by atoms with van der Waals surface area (Å²) in [6, 6.07) is 5.70. The molecule has 0 atom stereocenters. The summed E-state index contributed by atoms with van der Waals surface area (Å²) in [5.74, 6) is 4.66. The number of carboxylic acid groups (broad SMARTS) is 1. The molecular formula is C10H14N2O2. The Kier molecular flexibility index (Phi) is 3.09. The fourth-order valence-electron chi connectivity index (χ4n) is 1.36. The molecule has 0 aliphatic carbocycles. The van der Waals surface area contributed by atoms with Crippen LogP contribution in [0.5, 0.6) is 0 Å². The number of benzene rings is 1. The number of nitrogens with zero attached hydrogens (tertiary/aromatic N) is 1. The molecule has 0 unspecified atom stereocenters. The maximum Gasteiger partial charge on any atom is 0.324 e. The number of aryl methyl sites for hydroxylation is 2. The van der Waals surface area contributed by atoms with Crippen molar-refractivity contribution >= 4 is 11.7 Å². The van der Waals surface area contributed by atoms with E-state index in [4.69, 9.17) is 10.9 Å². The highest BCUT2D eigenvalue weighted by Crippen LogP contribution is 2.18. The van der Waals surface area contributed by atoms with Gasteiger partial charge in [0, 0.05) is 0 Å². The van der Waals surface area contributed by atoms with E-state index in [9.17, 15) is 4.79 Å². The van der Waals surface area contributed by atoms with Crippen LogP contribution in [0.3, 0.4) is 0 Å². The van der Waals surface area contributed by atoms with Crippen molar-refractivity contribution in [3.05, 3.63) is 29.3 Å². The van der Waals surface area contributed by atoms with Gasteiger partial charge in [-0.3, -0.25) is 9.80 Å². The van der Waals surface area contributed by atoms with Crippen LogP contribution < -0.4 is 10.9 Å². The second-order valence-electron chi connectivity index (χ2n) is 3.31. The fraction of sp³-hybridized carbons (Fsp3) is 0.300. The van der Waals surface area contributed by atoms with E-state index in [0.29, 0.717) is 0 Å². The van der Waals surface area contributed by atoms with Gasteiger partial charge >= 0.3 is 5.97 Å². The smallest absolute Gasteiger partial charge is 0.324 e. The minimum Gasteiger partial charge on any atom is -0.480 e. The molecule has 0 spiro atoms. The number of carboxylic acids is 1. The Morgan fingerprint density at radius 3 is 2.64 bits per heavy atom. The largest absolute Gasteiger partial charge is 0.480 e. The molecule has 0 aliphatic rings. The summed E-state index contributed by atoms with van der Waals surface area (Å²) in [6.07, 6.45) is 0. The van der Waals surface area contributed by atoms with Gasteiger partial charge in [-0.1, -0.05) is 17.7 Å². The van der Waals surface area contributed by atoms with Crippen LogP contribution in [0.15, 0.2) is 18.2 Å². The summed E-state index contributed by atoms with van der Waals surface area (Å²) in [5.41, 5.74) is 2.86. The molecule has 1 rings (SSSR count). The third-order valence-electron chi connectivity index (χ3n) is 1.97. The molecule has 0 bridgehead atoms. The first-order valence-corrected chi connectivity index (χ1v) is 4.32. The Labute approximate surface area is 82.9 Å². The highest BCUT2D eigenvalue weighted by atomic mass is 16.4. The van der Waals surface area contributed by atoms with Crippen molar-refractivity contribution in [2.45, 2.75) is 13.8 Å². The molecule has 4 nitrogen and oxygen atoms in total. The zero-order chi connectivity index (χ0) is 10.7. The lowest BCUT2D eigenvalue weighted by molar-refractivity contribution is -0.135. The number of anilines is 1. The Balaban J connectivity index is 2.90. The zero-order valence-electron chi connectivity index (χ0n) is 8.32. The van der Waals surface area contributed by atoms with Gasteiger partial charge in [0.05, 0.1) is 5.69 Å². The third kappa shape index (κ3) is 2.47. The Hall–Kier alpha value is -1.55. The quantitative estimate of drug-likeness (QED) is 0.558. The maximum absolute atomic E-state index is 10.4. The van der Waals surface area contributed by atoms with Crippen molar-refractivity contribution in [1.29, 1.82) is 0 Å². The van der Waals surface area contributed by atoms with Gasteiger partial charge in [-0.2, -0.15) is 0 Å². The van der Waals surface area contributed by atoms with Crippen LogP contribution in [0, 0.1) is 13.8 Å². The van der Waals surface area contributed by atoms with Crippen molar-refractivity contribution in [1.82, 2.24) is 0 Å². The molecule has 0 saturated heterocycles. The van der Waals surface area contributed by atoms with Crippen LogP contribution in [0.2, 0.25) is 0 Å². The summed E-state index contributed by atoms with van der Waals surface area (Å²) < 4.78 is 0. The van der Waals surface area contributed by atoms with Crippen LogP contribution in [0.1, 0.15) is 11.1 Å². The van der Waals surface area contributed by atoms with Crippen molar-refractivity contribution < 1.29 is 9.90 Å². The van der Waals surface area contributed by atoms with E-state index < -0.39 is 5.97 Å². The second kappa shape index (κ2) is 4.11. The first-order valence-electron chi connectivity index (χ1n) is 4.32. The Bertz CT molecular complexity index is 350. The van der Waals surface area contributed by atoms with Crippen LogP contribution in [-0.2, 0) is 4.79 Å². The van der Waals surface area contributed by atoms with E-state index in [-0.39, 0.29) is 6.54 Å². The molecule has 76 valence electrons. The van der Waals surface area contributed by atoms with Crippen molar-refractivity contribution in [3.63, 3.8) is 0 Å². The maximum atomic E-state index is 10.4. The van der Waals surface area contributed by atoms with Crippen molar-refractivity contribution in [2.75, 3.05) is 11.6 Å². The molecule has 0 saturated carbocycles. The predicted molar refractivity (Wildman–Crippen MR) is 55.1 cm³/mol. The van der Waals surface area contributed by atoms with Crippen LogP contribution in [0.4, 0.5) is 5.69 Å². The van der Waals surface area contributed by atoms with Gasteiger partial charge in [0.1, 0.15) is 6.54 Å². The first-order chi connectivity index (χ1) is 6.50. The van der Waals surface area contributed by atoms with E-state index in [0.717, 1.165) is 16.8 Å². The minimum absolute atomic E-state index is 0.191. The Morgan fingerprint density at radius 1 is 1.50 bits per heavy atom. The van der Waals surface area contributed by atoms with E-state index in [1.807, 2.05) is 32.0 Å². The highest BCUT2D eigenvalue weighted by Gasteiger charge is 2.08. The van der Waals surface area contributed by atoms with Gasteiger partial charge in [0.2, 0.25) is 0 Å². The molecule has 4 heteroatoms. The summed E-state index contributed by atoms with van der Waals surface area (Å²) in [6.45, 7) is 3.70. The van der Waals surface area contributed by atoms with Crippen molar-refractivity contribution in [2.24, 2.45) is 5.84 Å². The van der Waals surface area contributed by atoms with Gasteiger partial charge in [-0.25, -0.2) is 5.84 Å². The van der Waals surface area contributed by atoms with Gasteiger partial charge in [0.25, 0.3) is 0 Å². The number of aliphatic carboxylic acids is 1. The van der Waals surface area contributed by atoms with Crippen LogP contribution >= 0.6 is 0 Å². The molecule has 0 amide bonds. The van der Waals surface area contributed by atoms with E-state index in [1.54, 1.807) is 0 Å². The lowest BCUT2D eigenvalue weighted by Crippen LogP contribution is -2.36. The topological polar surface area (TPSA) is 66.6 Å². The SMILES string of the molecule is Cc1ccc(N(N)CC(=O)O)c(C)c1. The van der Waals surface area contributed by atoms with Crippen LogP contribution in [-0.4, -0.2) is 17.6 Å². The van der Waals surface area contributed by atoms with Gasteiger partial charge in [0.15, 0.2) is 0 Å². The minimum atomic E-state index is -0.938. The molecule has 0 aromatic heterocycles. The fourth-order valence-corrected chi connectivity index (χ4v) is 1.36. The number of nitrogens with two attached hydrogens (primary N) is 1. The number of carbonyl (C=O) groups is 1. The normalized spacial score (nSPS) is 9.93. The summed E-state index contributed by atoms with van der Waals surface area (Å²) in [7, 11) is 0. The number of hydrogen-bond acceptors (Lipinski definition) is 3. The zero-order valence-corrected chi connectivity index (χ0v) is 8.32. The lowest BCUT2D eigenvalue weighted by atomic mass is 10.1. The molecule has 1 aromatic rings. The highest BCUT2D eigenvalue weighted by molar-refractivity contribution is 5.73. The second-order valence-corrected chi connectivity index (χ2v) is 3.31. The molecule has 0 fully saturated rings. The van der Waals surface area contributed by atoms with Gasteiger partial charge in [-0.05, 0) is 25.5 Å². The molecule has 1 aromatic carbocycles. The lowest BCUT2D eigenvalue weighted by Gasteiger charge is -2.18. The standard InChI is InChI=1S/C10H14N2O2/c1-7-3-4-9(8(2)5-7)12(11)6-10(13)14/h3-5H,6,11H2,1-2H3,(H,13,14). The summed E-state index contributed by atoms with van der Waals surface area (Å²) in [4.78, 5) is 10.4. The average molecular weight is 194 g/mol. The molecule has 0 radical (unpaired) electrons. The van der Waals surface area contributed by atoms with Crippen LogP contribution in [0.25, 0.3) is 0 Å². The van der Waals surface area contributed by atoms with Crippen molar-refractivity contribution in [3.8, 4) is 0 Å². The average Bonchev–Trinajstić information content (AvgIpc) is 2.01. The third-order valence-corrected chi connectivity index (χ3v) is 1.97. The molecule has 14 heavy (non-hydrogen) atoms. The monoisotopic (exact) mass is 194 g/mol. The van der Waals surface area contributed by atoms with E-state index in [2.05, 4.69) is 0 Å². The molecule has 0 heterocycles. The summed E-state index contributed by atoms with van der Waals surface area (Å²) in [5, 5.41) is 9.80. The predicted octanol–water partition coefficient (Wildman–Crippen LogP) is 1.07. The molecule has 3 N–H and O–H groups in total. The summed E-state index contributed by atoms with van der Waals surface area (Å²) >= 11 is 0. The Morgan fingerprint density at radius 2 is 2.14 bits per heavy atom.